The van der Waals surface area contributed by atoms with Gasteiger partial charge in [-0.2, -0.15) is 0 Å². The number of aryl methyl sites for hydroxylation is 1. The summed E-state index contributed by atoms with van der Waals surface area (Å²) in [5.74, 6) is 0.576. The number of nitroso groups, excluding NO2 is 1. The summed E-state index contributed by atoms with van der Waals surface area (Å²) in [5, 5.41) is 3.12. The highest BCUT2D eigenvalue weighted by Gasteiger charge is 2.14. The summed E-state index contributed by atoms with van der Waals surface area (Å²) >= 11 is 0. The van der Waals surface area contributed by atoms with Crippen molar-refractivity contribution in [3.63, 3.8) is 0 Å². The molecule has 1 aromatic rings. The number of ether oxygens (including phenoxy) is 1. The molecule has 4 nitrogen and oxygen atoms in total. The first-order chi connectivity index (χ1) is 11.7. The van der Waals surface area contributed by atoms with Gasteiger partial charge in [0.2, 0.25) is 0 Å². The molecule has 0 bridgehead atoms. The smallest absolute Gasteiger partial charge is 0.152 e. The summed E-state index contributed by atoms with van der Waals surface area (Å²) in [4.78, 5) is 13.5. The van der Waals surface area contributed by atoms with Crippen LogP contribution in [0.5, 0.6) is 5.75 Å². The van der Waals surface area contributed by atoms with E-state index >= 15 is 0 Å². The lowest BCUT2D eigenvalue weighted by Crippen LogP contribution is -2.26. The van der Waals surface area contributed by atoms with Crippen molar-refractivity contribution in [1.29, 1.82) is 0 Å². The molecule has 0 spiro atoms. The molecule has 1 rings (SSSR count). The molecule has 0 atom stereocenters. The Morgan fingerprint density at radius 3 is 2.00 bits per heavy atom. The van der Waals surface area contributed by atoms with Gasteiger partial charge in [0.05, 0.1) is 7.11 Å². The van der Waals surface area contributed by atoms with Gasteiger partial charge in [-0.1, -0.05) is 52.4 Å². The minimum atomic E-state index is 0.415. The highest BCUT2D eigenvalue weighted by Crippen LogP contribution is 2.35. The van der Waals surface area contributed by atoms with Crippen molar-refractivity contribution in [3.8, 4) is 5.75 Å². The molecule has 0 heterocycles. The van der Waals surface area contributed by atoms with Crippen molar-refractivity contribution in [2.75, 3.05) is 25.1 Å². The number of rotatable bonds is 13. The van der Waals surface area contributed by atoms with Crippen molar-refractivity contribution >= 4 is 11.4 Å². The van der Waals surface area contributed by atoms with Crippen molar-refractivity contribution < 1.29 is 4.74 Å². The van der Waals surface area contributed by atoms with Gasteiger partial charge >= 0.3 is 0 Å². The van der Waals surface area contributed by atoms with E-state index in [1.54, 1.807) is 7.11 Å². The quantitative estimate of drug-likeness (QED) is 0.311. The Labute approximate surface area is 147 Å². The molecule has 0 saturated heterocycles. The first kappa shape index (κ1) is 20.5. The lowest BCUT2D eigenvalue weighted by Gasteiger charge is -2.26. The van der Waals surface area contributed by atoms with Crippen LogP contribution in [-0.2, 0) is 0 Å². The van der Waals surface area contributed by atoms with E-state index < -0.39 is 0 Å². The van der Waals surface area contributed by atoms with Gasteiger partial charge < -0.3 is 9.64 Å². The summed E-state index contributed by atoms with van der Waals surface area (Å²) in [6.45, 7) is 8.52. The molecule has 0 aromatic heterocycles. The van der Waals surface area contributed by atoms with E-state index in [0.717, 1.165) is 24.3 Å². The minimum Gasteiger partial charge on any atom is -0.494 e. The molecule has 0 radical (unpaired) electrons. The van der Waals surface area contributed by atoms with Gasteiger partial charge in [0.25, 0.3) is 0 Å². The Morgan fingerprint density at radius 2 is 1.54 bits per heavy atom. The van der Waals surface area contributed by atoms with Crippen LogP contribution in [-0.4, -0.2) is 20.2 Å². The van der Waals surface area contributed by atoms with E-state index in [1.807, 2.05) is 13.0 Å². The Hall–Kier alpha value is -1.58. The Bertz CT molecular complexity index is 477. The van der Waals surface area contributed by atoms with Crippen LogP contribution in [0, 0.1) is 11.8 Å². The first-order valence-corrected chi connectivity index (χ1v) is 9.44. The van der Waals surface area contributed by atoms with Gasteiger partial charge in [-0.25, -0.2) is 0 Å². The number of hydrogen-bond acceptors (Lipinski definition) is 4. The highest BCUT2D eigenvalue weighted by molar-refractivity contribution is 5.66. The van der Waals surface area contributed by atoms with Crippen LogP contribution < -0.4 is 9.64 Å². The van der Waals surface area contributed by atoms with E-state index in [2.05, 4.69) is 30.0 Å². The summed E-state index contributed by atoms with van der Waals surface area (Å²) in [5.41, 5.74) is 2.44. The van der Waals surface area contributed by atoms with E-state index in [4.69, 9.17) is 4.74 Å². The van der Waals surface area contributed by atoms with Crippen molar-refractivity contribution in [2.24, 2.45) is 5.18 Å². The minimum absolute atomic E-state index is 0.415. The van der Waals surface area contributed by atoms with E-state index in [9.17, 15) is 4.91 Å². The second-order valence-electron chi connectivity index (χ2n) is 6.51. The fourth-order valence-corrected chi connectivity index (χ4v) is 3.01. The standard InChI is InChI=1S/C20H34N2O2/c1-5-7-9-11-13-22(14-12-10-8-6-2)18-15-17(3)20(21-23)19(16-18)24-4/h15-16H,5-14H2,1-4H3. The van der Waals surface area contributed by atoms with Crippen LogP contribution in [0.1, 0.15) is 70.8 Å². The number of methoxy groups -OCH3 is 1. The molecule has 0 aliphatic heterocycles. The summed E-state index contributed by atoms with van der Waals surface area (Å²) in [6.07, 6.45) is 10.0. The Balaban J connectivity index is 2.86. The monoisotopic (exact) mass is 334 g/mol. The Morgan fingerprint density at radius 1 is 0.958 bits per heavy atom. The van der Waals surface area contributed by atoms with Crippen LogP contribution >= 0.6 is 0 Å². The molecule has 1 aromatic carbocycles. The predicted octanol–water partition coefficient (Wildman–Crippen LogP) is 6.37. The zero-order valence-corrected chi connectivity index (χ0v) is 15.9. The zero-order chi connectivity index (χ0) is 17.8. The van der Waals surface area contributed by atoms with E-state index in [1.165, 1.54) is 51.4 Å². The number of anilines is 1. The average molecular weight is 335 g/mol. The average Bonchev–Trinajstić information content (AvgIpc) is 2.59. The van der Waals surface area contributed by atoms with Crippen LogP contribution in [0.3, 0.4) is 0 Å². The molecule has 0 N–H and O–H groups in total. The number of unbranched alkanes of at least 4 members (excludes halogenated alkanes) is 6. The fraction of sp³-hybridized carbons (Fsp3) is 0.700. The first-order valence-electron chi connectivity index (χ1n) is 9.44. The molecular formula is C20H34N2O2. The van der Waals surface area contributed by atoms with Gasteiger partial charge in [0, 0.05) is 24.8 Å². The van der Waals surface area contributed by atoms with Crippen LogP contribution in [0.4, 0.5) is 11.4 Å². The van der Waals surface area contributed by atoms with E-state index in [-0.39, 0.29) is 0 Å². The van der Waals surface area contributed by atoms with Crippen molar-refractivity contribution in [2.45, 2.75) is 72.1 Å². The number of benzene rings is 1. The second-order valence-corrected chi connectivity index (χ2v) is 6.51. The molecule has 0 amide bonds. The molecule has 24 heavy (non-hydrogen) atoms. The summed E-state index contributed by atoms with van der Waals surface area (Å²) < 4.78 is 5.37. The van der Waals surface area contributed by atoms with Gasteiger partial charge in [0.15, 0.2) is 5.69 Å². The molecule has 0 unspecified atom stereocenters. The van der Waals surface area contributed by atoms with E-state index in [0.29, 0.717) is 11.4 Å². The van der Waals surface area contributed by atoms with Gasteiger partial charge in [-0.3, -0.25) is 0 Å². The van der Waals surface area contributed by atoms with Crippen LogP contribution in [0.15, 0.2) is 17.3 Å². The van der Waals surface area contributed by atoms with Gasteiger partial charge in [-0.15, -0.1) is 4.91 Å². The topological polar surface area (TPSA) is 41.9 Å². The maximum atomic E-state index is 11.0. The zero-order valence-electron chi connectivity index (χ0n) is 15.9. The SMILES string of the molecule is CCCCCCN(CCCCCC)c1cc(C)c(N=O)c(OC)c1. The number of nitrogens with zero attached hydrogens (tertiary/aromatic N) is 2. The van der Waals surface area contributed by atoms with Crippen molar-refractivity contribution in [1.82, 2.24) is 0 Å². The molecule has 0 fully saturated rings. The fourth-order valence-electron chi connectivity index (χ4n) is 3.01. The maximum Gasteiger partial charge on any atom is 0.152 e. The molecule has 136 valence electrons. The normalized spacial score (nSPS) is 10.7. The lowest BCUT2D eigenvalue weighted by atomic mass is 10.1. The molecule has 0 aliphatic rings. The largest absolute Gasteiger partial charge is 0.494 e. The third-order valence-corrected chi connectivity index (χ3v) is 4.49. The molecular weight excluding hydrogens is 300 g/mol. The predicted molar refractivity (Wildman–Crippen MR) is 104 cm³/mol. The maximum absolute atomic E-state index is 11.0. The highest BCUT2D eigenvalue weighted by atomic mass is 16.5. The third-order valence-electron chi connectivity index (χ3n) is 4.49. The van der Waals surface area contributed by atoms with Gasteiger partial charge in [0.1, 0.15) is 5.75 Å². The molecule has 4 heteroatoms. The Kier molecular flexibility index (Phi) is 10.1. The second kappa shape index (κ2) is 11.9. The lowest BCUT2D eigenvalue weighted by molar-refractivity contribution is 0.415. The third kappa shape index (κ3) is 6.50. The van der Waals surface area contributed by atoms with Gasteiger partial charge in [-0.05, 0) is 36.6 Å². The van der Waals surface area contributed by atoms with Crippen LogP contribution in [0.2, 0.25) is 0 Å². The molecule has 0 aliphatic carbocycles. The summed E-state index contributed by atoms with van der Waals surface area (Å²) in [6, 6.07) is 4.03. The summed E-state index contributed by atoms with van der Waals surface area (Å²) in [7, 11) is 1.60. The van der Waals surface area contributed by atoms with Crippen LogP contribution in [0.25, 0.3) is 0 Å². The van der Waals surface area contributed by atoms with Crippen molar-refractivity contribution in [3.05, 3.63) is 22.6 Å². The number of hydrogen-bond donors (Lipinski definition) is 0. The molecule has 0 saturated carbocycles.